The van der Waals surface area contributed by atoms with Crippen LogP contribution in [0, 0.1) is 13.8 Å². The molecule has 12 aromatic rings. The average Bonchev–Trinajstić information content (AvgIpc) is 3.98. The summed E-state index contributed by atoms with van der Waals surface area (Å²) >= 11 is 0. The van der Waals surface area contributed by atoms with Crippen molar-refractivity contribution in [2.45, 2.75) is 13.8 Å². The summed E-state index contributed by atoms with van der Waals surface area (Å²) < 4.78 is 8.68. The fourth-order valence-electron chi connectivity index (χ4n) is 9.78. The molecule has 0 amide bonds. The molecule has 5 heteroatoms. The van der Waals surface area contributed by atoms with Crippen molar-refractivity contribution >= 4 is 67.0 Å². The molecule has 2 heterocycles. The van der Waals surface area contributed by atoms with E-state index in [4.69, 9.17) is 9.40 Å². The molecule has 0 aliphatic rings. The summed E-state index contributed by atoms with van der Waals surface area (Å²) in [6, 6.07) is 86.4. The second-order valence-electron chi connectivity index (χ2n) is 17.3. The predicted octanol–water partition coefficient (Wildman–Crippen LogP) is 17.5. The molecule has 0 aliphatic heterocycles. The predicted molar refractivity (Wildman–Crippen MR) is 283 cm³/mol. The summed E-state index contributed by atoms with van der Waals surface area (Å²) in [6.07, 6.45) is 0. The van der Waals surface area contributed by atoms with E-state index in [1.54, 1.807) is 0 Å². The molecule has 0 saturated heterocycles. The van der Waals surface area contributed by atoms with Gasteiger partial charge in [0.25, 0.3) is 0 Å². The molecule has 5 nitrogen and oxygen atoms in total. The smallest absolute Gasteiger partial charge is 0.227 e. The van der Waals surface area contributed by atoms with Gasteiger partial charge in [-0.1, -0.05) is 121 Å². The third kappa shape index (κ3) is 7.37. The minimum absolute atomic E-state index is 0.635. The number of benzene rings is 10. The van der Waals surface area contributed by atoms with Gasteiger partial charge in [0.2, 0.25) is 5.89 Å². The highest BCUT2D eigenvalue weighted by molar-refractivity contribution is 6.12. The molecule has 0 N–H and O–H groups in total. The van der Waals surface area contributed by atoms with E-state index in [1.807, 2.05) is 30.3 Å². The number of hydrogen-bond donors (Lipinski definition) is 0. The van der Waals surface area contributed by atoms with Gasteiger partial charge in [-0.2, -0.15) is 0 Å². The summed E-state index contributed by atoms with van der Waals surface area (Å²) in [6.45, 7) is 4.40. The van der Waals surface area contributed by atoms with Crippen LogP contribution in [-0.4, -0.2) is 9.55 Å². The molecule has 2 aromatic heterocycles. The lowest BCUT2D eigenvalue weighted by molar-refractivity contribution is 0.620. The number of nitrogens with zero attached hydrogens (tertiary/aromatic N) is 4. The van der Waals surface area contributed by atoms with Gasteiger partial charge in [0.15, 0.2) is 5.58 Å². The van der Waals surface area contributed by atoms with E-state index in [9.17, 15) is 0 Å². The molecule has 0 saturated carbocycles. The van der Waals surface area contributed by atoms with Crippen LogP contribution in [0.4, 0.5) is 34.1 Å². The highest BCUT2D eigenvalue weighted by Gasteiger charge is 2.21. The van der Waals surface area contributed by atoms with Gasteiger partial charge in [-0.15, -0.1) is 0 Å². The van der Waals surface area contributed by atoms with Gasteiger partial charge in [0, 0.05) is 56.1 Å². The first-order chi connectivity index (χ1) is 33.5. The van der Waals surface area contributed by atoms with Crippen molar-refractivity contribution in [1.82, 2.24) is 9.55 Å². The zero-order valence-electron chi connectivity index (χ0n) is 37.8. The average molecular weight is 875 g/mol. The highest BCUT2D eigenvalue weighted by Crippen LogP contribution is 2.43. The van der Waals surface area contributed by atoms with Gasteiger partial charge < -0.3 is 18.8 Å². The fourth-order valence-corrected chi connectivity index (χ4v) is 9.78. The molecule has 10 aromatic carbocycles. The van der Waals surface area contributed by atoms with E-state index in [-0.39, 0.29) is 0 Å². The van der Waals surface area contributed by atoms with Gasteiger partial charge in [0.1, 0.15) is 5.52 Å². The zero-order valence-corrected chi connectivity index (χ0v) is 37.8. The van der Waals surface area contributed by atoms with Crippen LogP contribution in [0.5, 0.6) is 0 Å². The minimum atomic E-state index is 0.635. The molecule has 12 rings (SSSR count). The largest absolute Gasteiger partial charge is 0.436 e. The van der Waals surface area contributed by atoms with E-state index in [1.165, 1.54) is 38.6 Å². The van der Waals surface area contributed by atoms with Crippen LogP contribution in [0.2, 0.25) is 0 Å². The van der Waals surface area contributed by atoms with Crippen molar-refractivity contribution in [1.29, 1.82) is 0 Å². The number of fused-ring (bicyclic) bond motifs is 4. The SMILES string of the molecule is Cc1cc(-c2ccc3nc(-c4ccccc4)oc3c2)c(C)cc1-c1ccc(-n2c3ccc(N(c4ccccc4)c4ccccc4)cc3c3cc(N(c4ccccc4)c4ccccc4)ccc32)cc1. The lowest BCUT2D eigenvalue weighted by Gasteiger charge is -2.26. The molecule has 0 atom stereocenters. The number of rotatable bonds is 10. The van der Waals surface area contributed by atoms with Crippen molar-refractivity contribution in [3.05, 3.63) is 254 Å². The van der Waals surface area contributed by atoms with Gasteiger partial charge in [-0.3, -0.25) is 0 Å². The topological polar surface area (TPSA) is 37.4 Å². The molecule has 0 unspecified atom stereocenters. The summed E-state index contributed by atoms with van der Waals surface area (Å²) in [5.74, 6) is 0.635. The molecule has 0 radical (unpaired) electrons. The van der Waals surface area contributed by atoms with Crippen LogP contribution in [0.25, 0.3) is 72.3 Å². The quantitative estimate of drug-likeness (QED) is 0.137. The first-order valence-electron chi connectivity index (χ1n) is 23.1. The van der Waals surface area contributed by atoms with Gasteiger partial charge in [-0.05, 0) is 169 Å². The third-order valence-electron chi connectivity index (χ3n) is 13.0. The number of oxazole rings is 1. The van der Waals surface area contributed by atoms with Crippen molar-refractivity contribution < 1.29 is 4.42 Å². The van der Waals surface area contributed by atoms with Gasteiger partial charge in [-0.25, -0.2) is 4.98 Å². The van der Waals surface area contributed by atoms with Crippen molar-refractivity contribution in [3.8, 4) is 39.4 Å². The summed E-state index contributed by atoms with van der Waals surface area (Å²) in [4.78, 5) is 9.44. The monoisotopic (exact) mass is 874 g/mol. The molecule has 0 bridgehead atoms. The summed E-state index contributed by atoms with van der Waals surface area (Å²) in [5.41, 5.74) is 19.6. The Morgan fingerprint density at radius 1 is 0.368 bits per heavy atom. The van der Waals surface area contributed by atoms with Crippen LogP contribution in [0.1, 0.15) is 11.1 Å². The lowest BCUT2D eigenvalue weighted by atomic mass is 9.92. The highest BCUT2D eigenvalue weighted by atomic mass is 16.3. The molecule has 0 aliphatic carbocycles. The molecule has 324 valence electrons. The number of para-hydroxylation sites is 4. The fraction of sp³-hybridized carbons (Fsp3) is 0.0317. The molecule has 0 spiro atoms. The lowest BCUT2D eigenvalue weighted by Crippen LogP contribution is -2.09. The second-order valence-corrected chi connectivity index (χ2v) is 17.3. The number of aromatic nitrogens is 2. The van der Waals surface area contributed by atoms with Crippen LogP contribution < -0.4 is 9.80 Å². The van der Waals surface area contributed by atoms with Gasteiger partial charge >= 0.3 is 0 Å². The molecule has 0 fully saturated rings. The van der Waals surface area contributed by atoms with E-state index in [0.29, 0.717) is 5.89 Å². The first-order valence-corrected chi connectivity index (χ1v) is 23.1. The second kappa shape index (κ2) is 17.1. The Hall–Kier alpha value is -8.93. The Balaban J connectivity index is 0.962. The van der Waals surface area contributed by atoms with Gasteiger partial charge in [0.05, 0.1) is 11.0 Å². The number of anilines is 6. The Labute approximate surface area is 396 Å². The number of hydrogen-bond acceptors (Lipinski definition) is 4. The Morgan fingerprint density at radius 3 is 1.26 bits per heavy atom. The minimum Gasteiger partial charge on any atom is -0.436 e. The van der Waals surface area contributed by atoms with Crippen LogP contribution in [0.15, 0.2) is 247 Å². The van der Waals surface area contributed by atoms with Crippen molar-refractivity contribution in [3.63, 3.8) is 0 Å². The van der Waals surface area contributed by atoms with Crippen LogP contribution in [0.3, 0.4) is 0 Å². The number of aryl methyl sites for hydroxylation is 2. The Morgan fingerprint density at radius 2 is 0.794 bits per heavy atom. The first kappa shape index (κ1) is 40.6. The van der Waals surface area contributed by atoms with E-state index < -0.39 is 0 Å². The van der Waals surface area contributed by atoms with Crippen molar-refractivity contribution in [2.75, 3.05) is 9.80 Å². The van der Waals surface area contributed by atoms with Crippen LogP contribution in [-0.2, 0) is 0 Å². The standard InChI is InChI=1S/C63H46N4O/c1-43-39-56(47-30-35-59-62(40-47)68-63(64-59)46-18-8-3-9-19-46)44(2)38-55(43)45-28-31-52(32-29-45)67-60-36-33-53(65(48-20-10-4-11-21-48)49-22-12-5-13-23-49)41-57(60)58-42-54(34-37-61(58)67)66(50-24-14-6-15-25-50)51-26-16-7-17-27-51/h3-42H,1-2H3. The summed E-state index contributed by atoms with van der Waals surface area (Å²) in [7, 11) is 0. The maximum absolute atomic E-state index is 6.26. The van der Waals surface area contributed by atoms with Crippen molar-refractivity contribution in [2.24, 2.45) is 0 Å². The maximum Gasteiger partial charge on any atom is 0.227 e. The van der Waals surface area contributed by atoms with E-state index in [0.717, 1.165) is 73.1 Å². The third-order valence-corrected chi connectivity index (χ3v) is 13.0. The Kier molecular flexibility index (Phi) is 10.2. The zero-order chi connectivity index (χ0) is 45.6. The normalized spacial score (nSPS) is 11.4. The maximum atomic E-state index is 6.26. The van der Waals surface area contributed by atoms with E-state index >= 15 is 0 Å². The molecular weight excluding hydrogens is 829 g/mol. The summed E-state index contributed by atoms with van der Waals surface area (Å²) in [5, 5.41) is 2.34. The van der Waals surface area contributed by atoms with Crippen LogP contribution >= 0.6 is 0 Å². The Bertz CT molecular complexity index is 3510. The van der Waals surface area contributed by atoms with E-state index in [2.05, 4.69) is 241 Å². The molecular formula is C63H46N4O. The molecule has 68 heavy (non-hydrogen) atoms.